The highest BCUT2D eigenvalue weighted by Gasteiger charge is 2.15. The average molecular weight is 747 g/mol. The minimum absolute atomic E-state index is 0.544. The Labute approximate surface area is 336 Å². The summed E-state index contributed by atoms with van der Waals surface area (Å²) in [4.78, 5) is 0. The molecule has 0 saturated carbocycles. The molecule has 56 heavy (non-hydrogen) atoms. The van der Waals surface area contributed by atoms with Crippen LogP contribution in [-0.4, -0.2) is 6.72 Å². The summed E-state index contributed by atoms with van der Waals surface area (Å²) in [5.41, 5.74) is 14.4. The largest absolute Gasteiger partial charge is 0.326 e. The van der Waals surface area contributed by atoms with Gasteiger partial charge in [0.05, 0.1) is 0 Å². The lowest BCUT2D eigenvalue weighted by Crippen LogP contribution is -1.95. The zero-order valence-corrected chi connectivity index (χ0v) is 33.5. The van der Waals surface area contributed by atoms with Crippen molar-refractivity contribution in [3.05, 3.63) is 206 Å². The molecule has 0 atom stereocenters. The van der Waals surface area contributed by atoms with Crippen LogP contribution in [0.2, 0.25) is 0 Å². The van der Waals surface area contributed by atoms with Gasteiger partial charge in [-0.25, -0.2) is 0 Å². The molecule has 0 fully saturated rings. The van der Waals surface area contributed by atoms with Crippen LogP contribution in [0.1, 0.15) is 26.3 Å². The molecule has 0 unspecified atom stereocenters. The predicted molar refractivity (Wildman–Crippen MR) is 253 cm³/mol. The van der Waals surface area contributed by atoms with E-state index in [9.17, 15) is 0 Å². The van der Waals surface area contributed by atoms with Crippen LogP contribution in [0.3, 0.4) is 0 Å². The van der Waals surface area contributed by atoms with Crippen molar-refractivity contribution in [2.45, 2.75) is 27.3 Å². The first-order valence-electron chi connectivity index (χ1n) is 18.7. The molecule has 0 aliphatic heterocycles. The van der Waals surface area contributed by atoms with E-state index in [0.29, 0.717) is 6.54 Å². The minimum atomic E-state index is 0.544. The molecular formula is C53H50N2S. The summed E-state index contributed by atoms with van der Waals surface area (Å²) < 4.78 is 2.67. The minimum Gasteiger partial charge on any atom is -0.326 e. The van der Waals surface area contributed by atoms with Gasteiger partial charge >= 0.3 is 0 Å². The molecule has 0 saturated heterocycles. The Hall–Kier alpha value is -6.39. The highest BCUT2D eigenvalue weighted by Crippen LogP contribution is 2.43. The number of hydrogen-bond donors (Lipinski definition) is 2. The lowest BCUT2D eigenvalue weighted by molar-refractivity contribution is 1.07. The third kappa shape index (κ3) is 9.10. The number of rotatable bonds is 7. The summed E-state index contributed by atoms with van der Waals surface area (Å²) in [6.45, 7) is 19.7. The Morgan fingerprint density at radius 3 is 1.82 bits per heavy atom. The molecule has 7 aromatic carbocycles. The summed E-state index contributed by atoms with van der Waals surface area (Å²) in [6.07, 6.45) is 13.3. The molecule has 3 N–H and O–H groups in total. The van der Waals surface area contributed by atoms with Gasteiger partial charge in [0.25, 0.3) is 0 Å². The van der Waals surface area contributed by atoms with E-state index in [-0.39, 0.29) is 0 Å². The highest BCUT2D eigenvalue weighted by atomic mass is 32.1. The van der Waals surface area contributed by atoms with E-state index in [1.807, 2.05) is 56.4 Å². The van der Waals surface area contributed by atoms with Gasteiger partial charge in [0.2, 0.25) is 0 Å². The third-order valence-electron chi connectivity index (χ3n) is 9.56. The van der Waals surface area contributed by atoms with Gasteiger partial charge in [-0.1, -0.05) is 170 Å². The van der Waals surface area contributed by atoms with Gasteiger partial charge in [0.1, 0.15) is 0 Å². The molecule has 2 nitrogen and oxygen atoms in total. The SMILES string of the molecule is C=C/C=C(/C)C=C.C=C/C=C(C)\C=C/C.C=N.NCc1cccc(-c2ccc3c(c2)c2ccccc2c2cccc(-c4ccc5sc6ccccc6c5c4)c23)c1. The zero-order chi connectivity index (χ0) is 40.0. The Balaban J connectivity index is 0.000000299. The summed E-state index contributed by atoms with van der Waals surface area (Å²) >= 11 is 1.87. The average Bonchev–Trinajstić information content (AvgIpc) is 3.63. The fourth-order valence-corrected chi connectivity index (χ4v) is 8.04. The van der Waals surface area contributed by atoms with Crippen molar-refractivity contribution in [2.24, 2.45) is 5.73 Å². The molecular weight excluding hydrogens is 697 g/mol. The second-order valence-electron chi connectivity index (χ2n) is 13.2. The van der Waals surface area contributed by atoms with Crippen molar-refractivity contribution in [2.75, 3.05) is 0 Å². The van der Waals surface area contributed by atoms with Crippen LogP contribution in [0.4, 0.5) is 0 Å². The molecule has 0 aliphatic carbocycles. The van der Waals surface area contributed by atoms with Crippen molar-refractivity contribution < 1.29 is 0 Å². The van der Waals surface area contributed by atoms with E-state index in [1.54, 1.807) is 18.2 Å². The topological polar surface area (TPSA) is 49.9 Å². The maximum absolute atomic E-state index is 5.95. The molecule has 278 valence electrons. The molecule has 0 amide bonds. The second-order valence-corrected chi connectivity index (χ2v) is 14.3. The van der Waals surface area contributed by atoms with Crippen molar-refractivity contribution in [3.63, 3.8) is 0 Å². The van der Waals surface area contributed by atoms with Crippen molar-refractivity contribution >= 4 is 70.5 Å². The van der Waals surface area contributed by atoms with Crippen LogP contribution in [0.25, 0.3) is 74.7 Å². The maximum Gasteiger partial charge on any atom is 0.0355 e. The normalized spacial score (nSPS) is 11.4. The quantitative estimate of drug-likeness (QED) is 0.0952. The summed E-state index contributed by atoms with van der Waals surface area (Å²) in [6, 6.07) is 46.8. The molecule has 0 aliphatic rings. The molecule has 8 aromatic rings. The van der Waals surface area contributed by atoms with Crippen LogP contribution >= 0.6 is 11.3 Å². The smallest absolute Gasteiger partial charge is 0.0355 e. The number of hydrogen-bond acceptors (Lipinski definition) is 3. The number of nitrogens with two attached hydrogens (primary N) is 1. The molecule has 0 spiro atoms. The lowest BCUT2D eigenvalue weighted by atomic mass is 9.88. The van der Waals surface area contributed by atoms with Crippen molar-refractivity contribution in [1.29, 1.82) is 5.41 Å². The van der Waals surface area contributed by atoms with E-state index in [0.717, 1.165) is 11.1 Å². The van der Waals surface area contributed by atoms with Crippen LogP contribution < -0.4 is 5.73 Å². The Kier molecular flexibility index (Phi) is 14.4. The van der Waals surface area contributed by atoms with E-state index in [4.69, 9.17) is 11.1 Å². The second kappa shape index (κ2) is 19.8. The first-order chi connectivity index (χ1) is 27.4. The number of thiophene rings is 1. The van der Waals surface area contributed by atoms with Gasteiger partial charge in [-0.2, -0.15) is 0 Å². The molecule has 0 radical (unpaired) electrons. The first-order valence-corrected chi connectivity index (χ1v) is 19.5. The van der Waals surface area contributed by atoms with Crippen LogP contribution in [0, 0.1) is 5.41 Å². The van der Waals surface area contributed by atoms with E-state index in [2.05, 4.69) is 154 Å². The molecule has 3 heteroatoms. The van der Waals surface area contributed by atoms with Gasteiger partial charge in [-0.15, -0.1) is 11.3 Å². The Morgan fingerprint density at radius 1 is 0.571 bits per heavy atom. The third-order valence-corrected chi connectivity index (χ3v) is 10.7. The Bertz CT molecular complexity index is 2760. The molecule has 1 heterocycles. The van der Waals surface area contributed by atoms with E-state index >= 15 is 0 Å². The van der Waals surface area contributed by atoms with Crippen LogP contribution in [0.5, 0.6) is 0 Å². The van der Waals surface area contributed by atoms with Gasteiger partial charge in [0.15, 0.2) is 0 Å². The van der Waals surface area contributed by atoms with Gasteiger partial charge < -0.3 is 11.1 Å². The molecule has 0 bridgehead atoms. The van der Waals surface area contributed by atoms with Crippen LogP contribution in [0.15, 0.2) is 201 Å². The zero-order valence-electron chi connectivity index (χ0n) is 32.7. The summed E-state index contributed by atoms with van der Waals surface area (Å²) in [5.74, 6) is 0. The van der Waals surface area contributed by atoms with Crippen molar-refractivity contribution in [3.8, 4) is 22.3 Å². The van der Waals surface area contributed by atoms with E-state index in [1.165, 1.54) is 80.3 Å². The van der Waals surface area contributed by atoms with Crippen LogP contribution in [-0.2, 0) is 6.54 Å². The van der Waals surface area contributed by atoms with Crippen molar-refractivity contribution in [1.82, 2.24) is 0 Å². The number of fused-ring (bicyclic) bond motifs is 9. The fourth-order valence-electron chi connectivity index (χ4n) is 6.95. The number of allylic oxidation sites excluding steroid dienone is 9. The lowest BCUT2D eigenvalue weighted by Gasteiger charge is -2.16. The molecule has 1 aromatic heterocycles. The number of benzene rings is 7. The highest BCUT2D eigenvalue weighted by molar-refractivity contribution is 7.25. The Morgan fingerprint density at radius 2 is 1.14 bits per heavy atom. The maximum atomic E-state index is 5.95. The number of nitrogens with one attached hydrogen (secondary N) is 1. The summed E-state index contributed by atoms with van der Waals surface area (Å²) in [5, 5.41) is 15.9. The van der Waals surface area contributed by atoms with Gasteiger partial charge in [-0.3, -0.25) is 0 Å². The molecule has 8 rings (SSSR count). The monoisotopic (exact) mass is 746 g/mol. The van der Waals surface area contributed by atoms with E-state index < -0.39 is 0 Å². The van der Waals surface area contributed by atoms with Gasteiger partial charge in [-0.05, 0) is 118 Å². The van der Waals surface area contributed by atoms with Gasteiger partial charge in [0, 0.05) is 26.7 Å². The standard InChI is InChI=1S/C37H25NS.C8H12.C7H10.CH3N/c38-22-23-7-5-8-24(19-23)25-15-17-32-33(20-25)29-10-2-1-9-28(29)31-13-6-12-27(37(31)32)26-16-18-36-34(21-26)30-11-3-4-14-35(30)39-36;1-4-6-8(3)7-5-2;1-4-6-7(3)5-2;1-2/h1-21H,22,38H2;4-7H,1H2,2-3H3;4-6H,1-2H2,3H3;2H,1H2/b;7-5-,8-6-;7-6-;. The summed E-state index contributed by atoms with van der Waals surface area (Å²) in [7, 11) is 0. The first kappa shape index (κ1) is 40.8. The fraction of sp³-hybridized carbons (Fsp3) is 0.0755. The predicted octanol–water partition coefficient (Wildman–Crippen LogP) is 15.6.